The first-order valence-corrected chi connectivity index (χ1v) is 8.29. The number of alkyl halides is 3. The summed E-state index contributed by atoms with van der Waals surface area (Å²) in [6.45, 7) is 1.58. The Hall–Kier alpha value is -3.57. The number of hydrogen-bond donors (Lipinski definition) is 1. The van der Waals surface area contributed by atoms with E-state index in [1.807, 2.05) is 0 Å². The molecule has 0 amide bonds. The van der Waals surface area contributed by atoms with Crippen molar-refractivity contribution in [3.63, 3.8) is 0 Å². The second-order valence-corrected chi connectivity index (χ2v) is 5.66. The Labute approximate surface area is 169 Å². The van der Waals surface area contributed by atoms with Gasteiger partial charge in [0.1, 0.15) is 22.8 Å². The lowest BCUT2D eigenvalue weighted by Gasteiger charge is -2.15. The molecule has 9 nitrogen and oxygen atoms in total. The van der Waals surface area contributed by atoms with E-state index >= 15 is 0 Å². The molecule has 1 aromatic heterocycles. The van der Waals surface area contributed by atoms with Gasteiger partial charge in [0.15, 0.2) is 5.69 Å². The van der Waals surface area contributed by atoms with Gasteiger partial charge in [-0.15, -0.1) is 0 Å². The van der Waals surface area contributed by atoms with E-state index in [9.17, 15) is 18.0 Å². The Kier molecular flexibility index (Phi) is 7.03. The average molecular weight is 428 g/mol. The van der Waals surface area contributed by atoms with Crippen molar-refractivity contribution in [3.05, 3.63) is 35.2 Å². The third kappa shape index (κ3) is 4.88. The molecule has 0 fully saturated rings. The zero-order chi connectivity index (χ0) is 22.5. The van der Waals surface area contributed by atoms with Crippen LogP contribution in [-0.4, -0.2) is 50.1 Å². The van der Waals surface area contributed by atoms with Gasteiger partial charge in [0.2, 0.25) is 5.95 Å². The molecule has 0 aliphatic heterocycles. The van der Waals surface area contributed by atoms with Gasteiger partial charge in [0.05, 0.1) is 39.7 Å². The fraction of sp³-hybridized carbons (Fsp3) is 0.333. The van der Waals surface area contributed by atoms with Gasteiger partial charge in [-0.25, -0.2) is 20.2 Å². The van der Waals surface area contributed by atoms with E-state index in [4.69, 9.17) is 14.2 Å². The smallest absolute Gasteiger partial charge is 0.434 e. The highest BCUT2D eigenvalue weighted by Gasteiger charge is 2.38. The maximum atomic E-state index is 13.3. The van der Waals surface area contributed by atoms with Crippen LogP contribution in [0.1, 0.15) is 28.5 Å². The predicted molar refractivity (Wildman–Crippen MR) is 100 cm³/mol. The number of hydrogen-bond acceptors (Lipinski definition) is 9. The number of nitrogens with one attached hydrogen (secondary N) is 1. The summed E-state index contributed by atoms with van der Waals surface area (Å²) in [6, 6.07) is 3.20. The van der Waals surface area contributed by atoms with Crippen LogP contribution in [0.2, 0.25) is 0 Å². The number of carbonyl (C=O) groups excluding carboxylic acids is 1. The predicted octanol–water partition coefficient (Wildman–Crippen LogP) is 3.14. The average Bonchev–Trinajstić information content (AvgIpc) is 2.74. The maximum absolute atomic E-state index is 13.3. The Balaban J connectivity index is 2.44. The molecule has 162 valence electrons. The van der Waals surface area contributed by atoms with Crippen molar-refractivity contribution in [3.8, 4) is 17.2 Å². The molecule has 0 atom stereocenters. The number of methoxy groups -OCH3 is 4. The second kappa shape index (κ2) is 9.29. The van der Waals surface area contributed by atoms with Gasteiger partial charge in [0, 0.05) is 18.3 Å². The number of benzene rings is 1. The van der Waals surface area contributed by atoms with Crippen molar-refractivity contribution in [2.24, 2.45) is 5.10 Å². The number of halogens is 3. The van der Waals surface area contributed by atoms with Gasteiger partial charge in [-0.2, -0.15) is 18.3 Å². The minimum atomic E-state index is -4.90. The second-order valence-electron chi connectivity index (χ2n) is 5.66. The summed E-state index contributed by atoms with van der Waals surface area (Å²) < 4.78 is 59.9. The summed E-state index contributed by atoms with van der Waals surface area (Å²) in [4.78, 5) is 18.6. The van der Waals surface area contributed by atoms with Crippen LogP contribution in [-0.2, 0) is 10.9 Å². The van der Waals surface area contributed by atoms with Crippen molar-refractivity contribution in [2.75, 3.05) is 33.9 Å². The Morgan fingerprint density at radius 2 is 1.67 bits per heavy atom. The number of hydrazone groups is 1. The first-order valence-electron chi connectivity index (χ1n) is 8.29. The van der Waals surface area contributed by atoms with Crippen LogP contribution in [0.5, 0.6) is 17.2 Å². The molecule has 2 rings (SSSR count). The summed E-state index contributed by atoms with van der Waals surface area (Å²) in [7, 11) is 5.30. The number of carbonyl (C=O) groups is 1. The first-order chi connectivity index (χ1) is 14.2. The van der Waals surface area contributed by atoms with Gasteiger partial charge in [-0.05, 0) is 6.92 Å². The Morgan fingerprint density at radius 1 is 1.07 bits per heavy atom. The summed E-state index contributed by atoms with van der Waals surface area (Å²) in [5.41, 5.74) is 0.833. The first kappa shape index (κ1) is 22.7. The largest absolute Gasteiger partial charge is 0.496 e. The van der Waals surface area contributed by atoms with Crippen LogP contribution < -0.4 is 19.6 Å². The molecule has 0 saturated heterocycles. The van der Waals surface area contributed by atoms with E-state index < -0.39 is 29.4 Å². The van der Waals surface area contributed by atoms with Gasteiger partial charge in [-0.3, -0.25) is 0 Å². The van der Waals surface area contributed by atoms with E-state index in [0.29, 0.717) is 34.7 Å². The number of aromatic nitrogens is 2. The summed E-state index contributed by atoms with van der Waals surface area (Å²) >= 11 is 0. The molecule has 0 spiro atoms. The van der Waals surface area contributed by atoms with E-state index in [0.717, 1.165) is 7.11 Å². The molecule has 12 heteroatoms. The highest BCUT2D eigenvalue weighted by Crippen LogP contribution is 2.35. The van der Waals surface area contributed by atoms with Gasteiger partial charge in [0.25, 0.3) is 0 Å². The van der Waals surface area contributed by atoms with Crippen LogP contribution >= 0.6 is 0 Å². The van der Waals surface area contributed by atoms with E-state index in [2.05, 4.69) is 25.2 Å². The molecule has 0 unspecified atom stereocenters. The fourth-order valence-corrected chi connectivity index (χ4v) is 2.46. The Morgan fingerprint density at radius 3 is 2.13 bits per heavy atom. The van der Waals surface area contributed by atoms with Crippen LogP contribution in [0.25, 0.3) is 0 Å². The zero-order valence-corrected chi connectivity index (χ0v) is 16.7. The van der Waals surface area contributed by atoms with Crippen LogP contribution in [0.15, 0.2) is 23.4 Å². The normalized spacial score (nSPS) is 11.7. The van der Waals surface area contributed by atoms with E-state index in [1.165, 1.54) is 21.3 Å². The molecule has 0 saturated carbocycles. The third-order valence-corrected chi connectivity index (χ3v) is 3.86. The van der Waals surface area contributed by atoms with E-state index in [-0.39, 0.29) is 0 Å². The highest BCUT2D eigenvalue weighted by molar-refractivity contribution is 6.04. The number of esters is 1. The van der Waals surface area contributed by atoms with E-state index in [1.54, 1.807) is 19.1 Å². The minimum Gasteiger partial charge on any atom is -0.496 e. The van der Waals surface area contributed by atoms with Crippen LogP contribution in [0.3, 0.4) is 0 Å². The maximum Gasteiger partial charge on any atom is 0.434 e. The molecular formula is C18H19F3N4O5. The molecule has 0 aliphatic carbocycles. The van der Waals surface area contributed by atoms with Crippen molar-refractivity contribution >= 4 is 17.6 Å². The quantitative estimate of drug-likeness (QED) is 0.408. The number of nitrogens with zero attached hydrogens (tertiary/aromatic N) is 3. The van der Waals surface area contributed by atoms with Crippen molar-refractivity contribution < 1.29 is 36.9 Å². The lowest BCUT2D eigenvalue weighted by molar-refractivity contribution is -0.141. The van der Waals surface area contributed by atoms with Crippen LogP contribution in [0, 0.1) is 0 Å². The summed E-state index contributed by atoms with van der Waals surface area (Å²) in [6.07, 6.45) is -4.19. The summed E-state index contributed by atoms with van der Waals surface area (Å²) in [5.74, 6) is -0.467. The molecule has 1 heterocycles. The van der Waals surface area contributed by atoms with Gasteiger partial charge >= 0.3 is 12.1 Å². The van der Waals surface area contributed by atoms with Gasteiger partial charge in [-0.1, -0.05) is 0 Å². The van der Waals surface area contributed by atoms with Crippen LogP contribution in [0.4, 0.5) is 19.1 Å². The molecule has 30 heavy (non-hydrogen) atoms. The minimum absolute atomic E-state index is 0.306. The molecular weight excluding hydrogens is 409 g/mol. The molecule has 1 aromatic carbocycles. The van der Waals surface area contributed by atoms with Crippen molar-refractivity contribution in [1.82, 2.24) is 9.97 Å². The topological polar surface area (TPSA) is 104 Å². The summed E-state index contributed by atoms with van der Waals surface area (Å²) in [5, 5.41) is 4.01. The van der Waals surface area contributed by atoms with Crippen molar-refractivity contribution in [2.45, 2.75) is 13.1 Å². The van der Waals surface area contributed by atoms with Gasteiger partial charge < -0.3 is 18.9 Å². The lowest BCUT2D eigenvalue weighted by atomic mass is 10.1. The number of ether oxygens (including phenoxy) is 4. The number of rotatable bonds is 7. The molecule has 0 radical (unpaired) electrons. The molecule has 2 aromatic rings. The zero-order valence-electron chi connectivity index (χ0n) is 16.7. The lowest BCUT2D eigenvalue weighted by Crippen LogP contribution is -2.18. The number of anilines is 1. The molecule has 1 N–H and O–H groups in total. The fourth-order valence-electron chi connectivity index (χ4n) is 2.46. The molecule has 0 bridgehead atoms. The molecule has 0 aliphatic rings. The highest BCUT2D eigenvalue weighted by atomic mass is 19.4. The Bertz CT molecular complexity index is 938. The SMILES string of the molecule is COC(=O)c1cnc(NN=C(C)c2c(OC)cc(OC)cc2OC)nc1C(F)(F)F. The monoisotopic (exact) mass is 428 g/mol. The van der Waals surface area contributed by atoms with Crippen molar-refractivity contribution in [1.29, 1.82) is 0 Å². The standard InChI is InChI=1S/C18H19F3N4O5/c1-9(14-12(28-3)6-10(27-2)7-13(14)29-4)24-25-17-22-8-11(16(26)30-5)15(23-17)18(19,20)21/h6-8H,1-5H3,(H,22,23,25). The third-order valence-electron chi connectivity index (χ3n) is 3.86.